The Morgan fingerprint density at radius 3 is 2.45 bits per heavy atom. The van der Waals surface area contributed by atoms with Crippen LogP contribution in [-0.4, -0.2) is 43.8 Å². The zero-order chi connectivity index (χ0) is 21.4. The number of hydrogen-bond donors (Lipinski definition) is 2. The summed E-state index contributed by atoms with van der Waals surface area (Å²) in [4.78, 5) is 24.4. The highest BCUT2D eigenvalue weighted by Crippen LogP contribution is 2.26. The van der Waals surface area contributed by atoms with E-state index in [1.165, 1.54) is 7.11 Å². The van der Waals surface area contributed by atoms with E-state index < -0.39 is 23.5 Å². The van der Waals surface area contributed by atoms with Crippen LogP contribution in [0.4, 0.5) is 0 Å². The van der Waals surface area contributed by atoms with Crippen molar-refractivity contribution < 1.29 is 19.1 Å². The third kappa shape index (κ3) is 6.35. The lowest BCUT2D eigenvalue weighted by atomic mass is 9.95. The summed E-state index contributed by atoms with van der Waals surface area (Å²) in [6.45, 7) is 3.30. The van der Waals surface area contributed by atoms with Crippen LogP contribution in [-0.2, 0) is 14.3 Å². The first-order valence-electron chi connectivity index (χ1n) is 9.58. The minimum Gasteiger partial charge on any atom is -0.467 e. The maximum atomic E-state index is 12.5. The van der Waals surface area contributed by atoms with E-state index in [9.17, 15) is 9.59 Å². The number of nitrogens with two attached hydrogens (primary N) is 1. The van der Waals surface area contributed by atoms with Gasteiger partial charge in [-0.15, -0.1) is 0 Å². The van der Waals surface area contributed by atoms with Crippen LogP contribution in [0.15, 0.2) is 24.3 Å². The Morgan fingerprint density at radius 2 is 1.86 bits per heavy atom. The van der Waals surface area contributed by atoms with Gasteiger partial charge in [0.1, 0.15) is 6.04 Å². The predicted molar refractivity (Wildman–Crippen MR) is 111 cm³/mol. The number of carbonyl (C=O) groups is 2. The van der Waals surface area contributed by atoms with E-state index in [4.69, 9.17) is 15.2 Å². The average Bonchev–Trinajstić information content (AvgIpc) is 3.15. The number of methoxy groups -OCH3 is 2. The molecule has 1 fully saturated rings. The molecule has 0 radical (unpaired) electrons. The fourth-order valence-electron chi connectivity index (χ4n) is 3.19. The molecule has 0 heterocycles. The Labute approximate surface area is 172 Å². The first kappa shape index (κ1) is 22.5. The van der Waals surface area contributed by atoms with Crippen molar-refractivity contribution in [2.75, 3.05) is 14.2 Å². The predicted octanol–water partition coefficient (Wildman–Crippen LogP) is 1.87. The zero-order valence-corrected chi connectivity index (χ0v) is 17.4. The van der Waals surface area contributed by atoms with E-state index in [0.29, 0.717) is 5.56 Å². The first-order chi connectivity index (χ1) is 13.8. The van der Waals surface area contributed by atoms with Crippen LogP contribution >= 0.6 is 0 Å². The molecule has 3 atom stereocenters. The van der Waals surface area contributed by atoms with Gasteiger partial charge in [0.15, 0.2) is 0 Å². The molecule has 6 heteroatoms. The molecule has 3 N–H and O–H groups in total. The van der Waals surface area contributed by atoms with Crippen molar-refractivity contribution in [3.63, 3.8) is 0 Å². The molecular formula is C23H28N2O4. The minimum absolute atomic E-state index is 0.203. The number of amides is 1. The fourth-order valence-corrected chi connectivity index (χ4v) is 3.19. The molecule has 1 aromatic carbocycles. The second-order valence-corrected chi connectivity index (χ2v) is 7.66. The molecule has 1 amide bonds. The normalized spacial score (nSPS) is 19.2. The Balaban J connectivity index is 2.02. The van der Waals surface area contributed by atoms with Gasteiger partial charge in [-0.25, -0.2) is 4.79 Å². The Morgan fingerprint density at radius 1 is 1.17 bits per heavy atom. The number of rotatable bonds is 5. The van der Waals surface area contributed by atoms with Crippen molar-refractivity contribution >= 4 is 11.9 Å². The summed E-state index contributed by atoms with van der Waals surface area (Å²) in [5, 5.41) is 2.63. The number of carbonyl (C=O) groups excluding carboxylic acids is 2. The second kappa shape index (κ2) is 10.1. The van der Waals surface area contributed by atoms with Crippen molar-refractivity contribution in [2.24, 2.45) is 11.7 Å². The van der Waals surface area contributed by atoms with Gasteiger partial charge in [0.25, 0.3) is 5.91 Å². The van der Waals surface area contributed by atoms with Crippen LogP contribution in [0, 0.1) is 29.6 Å². The summed E-state index contributed by atoms with van der Waals surface area (Å²) < 4.78 is 10.1. The fraction of sp³-hybridized carbons (Fsp3) is 0.478. The van der Waals surface area contributed by atoms with E-state index in [1.54, 1.807) is 45.2 Å². The highest BCUT2D eigenvalue weighted by Gasteiger charge is 2.34. The molecule has 1 aliphatic carbocycles. The third-order valence-corrected chi connectivity index (χ3v) is 4.89. The van der Waals surface area contributed by atoms with Gasteiger partial charge in [-0.2, -0.15) is 0 Å². The van der Waals surface area contributed by atoms with Crippen LogP contribution in [0.1, 0.15) is 49.0 Å². The van der Waals surface area contributed by atoms with Gasteiger partial charge in [-0.3, -0.25) is 4.79 Å². The lowest BCUT2D eigenvalue weighted by Gasteiger charge is -2.28. The van der Waals surface area contributed by atoms with Crippen LogP contribution < -0.4 is 11.1 Å². The molecule has 0 spiro atoms. The van der Waals surface area contributed by atoms with Crippen LogP contribution in [0.25, 0.3) is 0 Å². The molecular weight excluding hydrogens is 368 g/mol. The number of esters is 1. The highest BCUT2D eigenvalue weighted by atomic mass is 16.5. The van der Waals surface area contributed by atoms with E-state index in [0.717, 1.165) is 24.8 Å². The molecule has 2 rings (SSSR count). The number of ether oxygens (including phenoxy) is 2. The van der Waals surface area contributed by atoms with E-state index in [2.05, 4.69) is 29.0 Å². The monoisotopic (exact) mass is 396 g/mol. The first-order valence-corrected chi connectivity index (χ1v) is 9.58. The van der Waals surface area contributed by atoms with Crippen molar-refractivity contribution in [3.05, 3.63) is 35.4 Å². The third-order valence-electron chi connectivity index (χ3n) is 4.89. The lowest BCUT2D eigenvalue weighted by molar-refractivity contribution is -0.144. The maximum absolute atomic E-state index is 12.5. The van der Waals surface area contributed by atoms with Gasteiger partial charge in [0.2, 0.25) is 0 Å². The second-order valence-electron chi connectivity index (χ2n) is 7.66. The molecule has 0 bridgehead atoms. The largest absolute Gasteiger partial charge is 0.467 e. The molecule has 1 aromatic rings. The summed E-state index contributed by atoms with van der Waals surface area (Å²) in [5.41, 5.74) is 6.16. The Bertz CT molecular complexity index is 847. The van der Waals surface area contributed by atoms with Crippen LogP contribution in [0.2, 0.25) is 0 Å². The molecule has 29 heavy (non-hydrogen) atoms. The zero-order valence-electron chi connectivity index (χ0n) is 17.4. The van der Waals surface area contributed by atoms with Gasteiger partial charge in [0.05, 0.1) is 13.2 Å². The molecule has 0 saturated heterocycles. The lowest BCUT2D eigenvalue weighted by Crippen LogP contribution is -2.59. The van der Waals surface area contributed by atoms with Gasteiger partial charge >= 0.3 is 5.97 Å². The Kier molecular flexibility index (Phi) is 7.84. The SMILES string of the molecule is COC(=O)[C@@H](NC(=O)c1ccc(C#CC#C[C@H]2CCC[C@@H]2OC)cc1)C(C)(C)N. The van der Waals surface area contributed by atoms with Gasteiger partial charge < -0.3 is 20.5 Å². The molecule has 0 unspecified atom stereocenters. The molecule has 1 saturated carbocycles. The van der Waals surface area contributed by atoms with Crippen molar-refractivity contribution in [3.8, 4) is 23.7 Å². The van der Waals surface area contributed by atoms with Gasteiger partial charge in [-0.05, 0) is 69.2 Å². The highest BCUT2D eigenvalue weighted by molar-refractivity contribution is 5.97. The minimum atomic E-state index is -0.964. The number of nitrogens with one attached hydrogen (secondary N) is 1. The van der Waals surface area contributed by atoms with Crippen LogP contribution in [0.3, 0.4) is 0 Å². The summed E-state index contributed by atoms with van der Waals surface area (Å²) in [5.74, 6) is 11.1. The average molecular weight is 396 g/mol. The molecule has 0 aliphatic heterocycles. The quantitative estimate of drug-likeness (QED) is 0.586. The molecule has 0 aromatic heterocycles. The smallest absolute Gasteiger partial charge is 0.330 e. The summed E-state index contributed by atoms with van der Waals surface area (Å²) in [6.07, 6.45) is 3.43. The molecule has 6 nitrogen and oxygen atoms in total. The van der Waals surface area contributed by atoms with Crippen LogP contribution in [0.5, 0.6) is 0 Å². The van der Waals surface area contributed by atoms with E-state index in [-0.39, 0.29) is 12.0 Å². The number of benzene rings is 1. The summed E-state index contributed by atoms with van der Waals surface area (Å²) >= 11 is 0. The van der Waals surface area contributed by atoms with E-state index >= 15 is 0 Å². The van der Waals surface area contributed by atoms with Crippen molar-refractivity contribution in [1.29, 1.82) is 0 Å². The van der Waals surface area contributed by atoms with Gasteiger partial charge in [0, 0.05) is 29.7 Å². The summed E-state index contributed by atoms with van der Waals surface area (Å²) in [6, 6.07) is 5.79. The molecule has 154 valence electrons. The number of hydrogen-bond acceptors (Lipinski definition) is 5. The standard InChI is InChI=1S/C23H28N2O4/c1-23(2,24)20(22(27)29-4)25-21(26)18-14-12-16(13-15-18)8-5-6-9-17-10-7-11-19(17)28-3/h12-15,17,19-20H,7,10-11,24H2,1-4H3,(H,25,26)/t17-,19-,20+/m0/s1. The van der Waals surface area contributed by atoms with Crippen molar-refractivity contribution in [2.45, 2.75) is 50.8 Å². The Hall–Kier alpha value is -2.80. The maximum Gasteiger partial charge on any atom is 0.330 e. The molecule has 1 aliphatic rings. The van der Waals surface area contributed by atoms with E-state index in [1.807, 2.05) is 0 Å². The van der Waals surface area contributed by atoms with Crippen molar-refractivity contribution in [1.82, 2.24) is 5.32 Å². The summed E-state index contributed by atoms with van der Waals surface area (Å²) in [7, 11) is 2.97. The topological polar surface area (TPSA) is 90.6 Å². The van der Waals surface area contributed by atoms with Gasteiger partial charge in [-0.1, -0.05) is 11.8 Å².